The van der Waals surface area contributed by atoms with Gasteiger partial charge >= 0.3 is 0 Å². The first kappa shape index (κ1) is 12.8. The van der Waals surface area contributed by atoms with Crippen LogP contribution in [0.5, 0.6) is 0 Å². The molecule has 0 saturated heterocycles. The highest BCUT2D eigenvalue weighted by molar-refractivity contribution is 7.99. The van der Waals surface area contributed by atoms with Crippen molar-refractivity contribution < 1.29 is 0 Å². The van der Waals surface area contributed by atoms with Gasteiger partial charge in [-0.05, 0) is 25.7 Å². The largest absolute Gasteiger partial charge is 0.366 e. The fraction of sp³-hybridized carbons (Fsp3) is 0.545. The highest BCUT2D eigenvalue weighted by Gasteiger charge is 2.10. The molecule has 1 rings (SSSR count). The molecule has 0 aliphatic carbocycles. The average Bonchev–Trinajstić information content (AvgIpc) is 2.30. The standard InChI is InChI=1S/C11H16N4S/c1-7(16-4)6-13-11-10(5-12)8(2)9(3)14-15-11/h7H,6H2,1-4H3,(H,13,15). The lowest BCUT2D eigenvalue weighted by atomic mass is 10.1. The van der Waals surface area contributed by atoms with E-state index in [1.807, 2.05) is 13.8 Å². The minimum absolute atomic E-state index is 0.481. The molecule has 0 saturated carbocycles. The van der Waals surface area contributed by atoms with Crippen molar-refractivity contribution in [3.63, 3.8) is 0 Å². The summed E-state index contributed by atoms with van der Waals surface area (Å²) in [5.74, 6) is 0.589. The number of rotatable bonds is 4. The van der Waals surface area contributed by atoms with Crippen molar-refractivity contribution in [1.82, 2.24) is 10.2 Å². The fourth-order valence-corrected chi connectivity index (χ4v) is 1.44. The smallest absolute Gasteiger partial charge is 0.166 e. The highest BCUT2D eigenvalue weighted by atomic mass is 32.2. The first-order valence-corrected chi connectivity index (χ1v) is 6.39. The molecule has 5 heteroatoms. The van der Waals surface area contributed by atoms with Crippen LogP contribution in [0.25, 0.3) is 0 Å². The van der Waals surface area contributed by atoms with Crippen molar-refractivity contribution in [3.05, 3.63) is 16.8 Å². The van der Waals surface area contributed by atoms with E-state index in [0.29, 0.717) is 16.6 Å². The van der Waals surface area contributed by atoms with Crippen LogP contribution in [-0.4, -0.2) is 28.2 Å². The lowest BCUT2D eigenvalue weighted by Crippen LogP contribution is -2.15. The number of thioether (sulfide) groups is 1. The van der Waals surface area contributed by atoms with Crippen LogP contribution in [-0.2, 0) is 0 Å². The van der Waals surface area contributed by atoms with Gasteiger partial charge in [0.2, 0.25) is 0 Å². The van der Waals surface area contributed by atoms with Crippen LogP contribution in [0.15, 0.2) is 0 Å². The summed E-state index contributed by atoms with van der Waals surface area (Å²) >= 11 is 1.77. The quantitative estimate of drug-likeness (QED) is 0.867. The number of aromatic nitrogens is 2. The fourth-order valence-electron chi connectivity index (χ4n) is 1.19. The molecule has 1 N–H and O–H groups in total. The topological polar surface area (TPSA) is 61.6 Å². The molecule has 1 heterocycles. The number of anilines is 1. The molecule has 16 heavy (non-hydrogen) atoms. The molecule has 0 aliphatic rings. The lowest BCUT2D eigenvalue weighted by molar-refractivity contribution is 0.924. The highest BCUT2D eigenvalue weighted by Crippen LogP contribution is 2.17. The van der Waals surface area contributed by atoms with Gasteiger partial charge in [-0.3, -0.25) is 0 Å². The molecular weight excluding hydrogens is 220 g/mol. The van der Waals surface area contributed by atoms with Gasteiger partial charge in [-0.1, -0.05) is 6.92 Å². The van der Waals surface area contributed by atoms with Crippen LogP contribution in [0.2, 0.25) is 0 Å². The van der Waals surface area contributed by atoms with E-state index in [1.165, 1.54) is 0 Å². The summed E-state index contributed by atoms with van der Waals surface area (Å²) in [6, 6.07) is 2.17. The Morgan fingerprint density at radius 1 is 1.44 bits per heavy atom. The Balaban J connectivity index is 2.89. The molecule has 1 aromatic heterocycles. The van der Waals surface area contributed by atoms with Gasteiger partial charge in [-0.2, -0.15) is 22.1 Å². The first-order chi connectivity index (χ1) is 7.60. The van der Waals surface area contributed by atoms with Crippen LogP contribution < -0.4 is 5.32 Å². The molecule has 1 unspecified atom stereocenters. The summed E-state index contributed by atoms with van der Waals surface area (Å²) in [6.07, 6.45) is 2.06. The monoisotopic (exact) mass is 236 g/mol. The molecule has 0 spiro atoms. The van der Waals surface area contributed by atoms with E-state index in [9.17, 15) is 0 Å². The molecule has 0 aromatic carbocycles. The van der Waals surface area contributed by atoms with Gasteiger partial charge in [0.1, 0.15) is 11.6 Å². The summed E-state index contributed by atoms with van der Waals surface area (Å²) in [7, 11) is 0. The maximum atomic E-state index is 9.08. The Morgan fingerprint density at radius 3 is 2.69 bits per heavy atom. The predicted octanol–water partition coefficient (Wildman–Crippen LogP) is 2.13. The van der Waals surface area contributed by atoms with Crippen LogP contribution in [0.4, 0.5) is 5.82 Å². The molecular formula is C11H16N4S. The van der Waals surface area contributed by atoms with Crippen molar-refractivity contribution >= 4 is 17.6 Å². The van der Waals surface area contributed by atoms with Crippen LogP contribution in [0, 0.1) is 25.2 Å². The minimum Gasteiger partial charge on any atom is -0.366 e. The molecule has 4 nitrogen and oxygen atoms in total. The van der Waals surface area contributed by atoms with Crippen molar-refractivity contribution in [3.8, 4) is 6.07 Å². The van der Waals surface area contributed by atoms with Crippen molar-refractivity contribution in [2.75, 3.05) is 18.1 Å². The number of aryl methyl sites for hydroxylation is 1. The van der Waals surface area contributed by atoms with Crippen LogP contribution >= 0.6 is 11.8 Å². The van der Waals surface area contributed by atoms with Crippen molar-refractivity contribution in [2.24, 2.45) is 0 Å². The van der Waals surface area contributed by atoms with Gasteiger partial charge in [0.05, 0.1) is 5.69 Å². The molecule has 1 aromatic rings. The number of hydrogen-bond acceptors (Lipinski definition) is 5. The second-order valence-electron chi connectivity index (χ2n) is 3.67. The average molecular weight is 236 g/mol. The Labute approximate surface area is 100 Å². The number of nitriles is 1. The van der Waals surface area contributed by atoms with Gasteiger partial charge in [0, 0.05) is 11.8 Å². The van der Waals surface area contributed by atoms with E-state index in [1.54, 1.807) is 11.8 Å². The van der Waals surface area contributed by atoms with Crippen LogP contribution in [0.3, 0.4) is 0 Å². The number of nitrogens with zero attached hydrogens (tertiary/aromatic N) is 3. The molecule has 86 valence electrons. The Hall–Kier alpha value is -1.28. The molecule has 0 amide bonds. The molecule has 0 aliphatic heterocycles. The third kappa shape index (κ3) is 2.86. The third-order valence-electron chi connectivity index (χ3n) is 2.53. The van der Waals surface area contributed by atoms with Crippen molar-refractivity contribution in [2.45, 2.75) is 26.0 Å². The van der Waals surface area contributed by atoms with Gasteiger partial charge in [-0.15, -0.1) is 5.10 Å². The normalized spacial score (nSPS) is 11.9. The zero-order valence-electron chi connectivity index (χ0n) is 10.0. The van der Waals surface area contributed by atoms with Crippen molar-refractivity contribution in [1.29, 1.82) is 5.26 Å². The SMILES string of the molecule is CSC(C)CNc1nnc(C)c(C)c1C#N. The summed E-state index contributed by atoms with van der Waals surface area (Å²) < 4.78 is 0. The summed E-state index contributed by atoms with van der Waals surface area (Å²) in [5.41, 5.74) is 2.30. The molecule has 0 bridgehead atoms. The summed E-state index contributed by atoms with van der Waals surface area (Å²) in [6.45, 7) is 6.66. The zero-order valence-corrected chi connectivity index (χ0v) is 10.9. The number of hydrogen-bond donors (Lipinski definition) is 1. The number of nitrogens with one attached hydrogen (secondary N) is 1. The minimum atomic E-state index is 0.481. The molecule has 0 fully saturated rings. The van der Waals surface area contributed by atoms with E-state index >= 15 is 0 Å². The Morgan fingerprint density at radius 2 is 2.12 bits per heavy atom. The second-order valence-corrected chi connectivity index (χ2v) is 4.95. The molecule has 0 radical (unpaired) electrons. The van der Waals surface area contributed by atoms with E-state index in [4.69, 9.17) is 5.26 Å². The maximum absolute atomic E-state index is 9.08. The second kappa shape index (κ2) is 5.71. The Kier molecular flexibility index (Phi) is 4.56. The van der Waals surface area contributed by atoms with E-state index < -0.39 is 0 Å². The van der Waals surface area contributed by atoms with Gasteiger partial charge in [0.25, 0.3) is 0 Å². The van der Waals surface area contributed by atoms with Gasteiger partial charge in [-0.25, -0.2) is 0 Å². The van der Waals surface area contributed by atoms with E-state index in [2.05, 4.69) is 34.8 Å². The van der Waals surface area contributed by atoms with E-state index in [-0.39, 0.29) is 0 Å². The lowest BCUT2D eigenvalue weighted by Gasteiger charge is -2.12. The predicted molar refractivity (Wildman–Crippen MR) is 67.7 cm³/mol. The van der Waals surface area contributed by atoms with Gasteiger partial charge < -0.3 is 5.32 Å². The maximum Gasteiger partial charge on any atom is 0.166 e. The summed E-state index contributed by atoms with van der Waals surface area (Å²) in [5, 5.41) is 20.8. The first-order valence-electron chi connectivity index (χ1n) is 5.10. The zero-order chi connectivity index (χ0) is 12.1. The Bertz CT molecular complexity index is 411. The van der Waals surface area contributed by atoms with Crippen LogP contribution in [0.1, 0.15) is 23.7 Å². The van der Waals surface area contributed by atoms with E-state index in [0.717, 1.165) is 17.8 Å². The van der Waals surface area contributed by atoms with Gasteiger partial charge in [0.15, 0.2) is 5.82 Å². The molecule has 1 atom stereocenters. The third-order valence-corrected chi connectivity index (χ3v) is 3.50. The summed E-state index contributed by atoms with van der Waals surface area (Å²) in [4.78, 5) is 0.